The van der Waals surface area contributed by atoms with Gasteiger partial charge in [-0.15, -0.1) is 0 Å². The van der Waals surface area contributed by atoms with Gasteiger partial charge < -0.3 is 11.1 Å². The Balaban J connectivity index is 2.47. The van der Waals surface area contributed by atoms with Crippen molar-refractivity contribution in [1.29, 1.82) is 0 Å². The molecule has 6 heteroatoms. The summed E-state index contributed by atoms with van der Waals surface area (Å²) in [6.45, 7) is 1.94. The van der Waals surface area contributed by atoms with Gasteiger partial charge >= 0.3 is 0 Å². The first kappa shape index (κ1) is 14.2. The van der Waals surface area contributed by atoms with Crippen LogP contribution in [0.4, 0.5) is 11.5 Å². The molecule has 0 aliphatic heterocycles. The molecule has 0 spiro atoms. The lowest BCUT2D eigenvalue weighted by molar-refractivity contribution is 1.26. The van der Waals surface area contributed by atoms with Crippen LogP contribution >= 0.6 is 39.7 Å². The van der Waals surface area contributed by atoms with Gasteiger partial charge in [0.15, 0.2) is 0 Å². The SMILES string of the molecule is Cc1ccnc(Nc2cccc(Cl)c2Br)c1C(N)=S. The minimum atomic E-state index is 0.311. The number of nitrogens with one attached hydrogen (secondary N) is 1. The molecule has 0 radical (unpaired) electrons. The molecule has 0 aliphatic rings. The van der Waals surface area contributed by atoms with Crippen LogP contribution in [0.25, 0.3) is 0 Å². The summed E-state index contributed by atoms with van der Waals surface area (Å²) >= 11 is 14.6. The Labute approximate surface area is 130 Å². The minimum Gasteiger partial charge on any atom is -0.389 e. The van der Waals surface area contributed by atoms with E-state index >= 15 is 0 Å². The summed E-state index contributed by atoms with van der Waals surface area (Å²) in [5.74, 6) is 0.621. The normalized spacial score (nSPS) is 10.3. The van der Waals surface area contributed by atoms with Gasteiger partial charge in [-0.25, -0.2) is 4.98 Å². The van der Waals surface area contributed by atoms with E-state index in [1.54, 1.807) is 12.3 Å². The predicted molar refractivity (Wildman–Crippen MR) is 87.3 cm³/mol. The number of hydrogen-bond acceptors (Lipinski definition) is 3. The molecule has 0 saturated heterocycles. The molecule has 0 amide bonds. The van der Waals surface area contributed by atoms with Crippen LogP contribution in [0, 0.1) is 6.92 Å². The number of hydrogen-bond donors (Lipinski definition) is 2. The molecule has 1 heterocycles. The van der Waals surface area contributed by atoms with Gasteiger partial charge in [-0.2, -0.15) is 0 Å². The third-order valence-corrected chi connectivity index (χ3v) is 4.21. The summed E-state index contributed by atoms with van der Waals surface area (Å²) in [5.41, 5.74) is 8.27. The number of aromatic nitrogens is 1. The van der Waals surface area contributed by atoms with Crippen molar-refractivity contribution < 1.29 is 0 Å². The fraction of sp³-hybridized carbons (Fsp3) is 0.0769. The van der Waals surface area contributed by atoms with Crippen molar-refractivity contribution in [3.63, 3.8) is 0 Å². The monoisotopic (exact) mass is 355 g/mol. The van der Waals surface area contributed by atoms with Crippen molar-refractivity contribution in [2.45, 2.75) is 6.92 Å². The van der Waals surface area contributed by atoms with Gasteiger partial charge in [0.2, 0.25) is 0 Å². The Morgan fingerprint density at radius 1 is 1.42 bits per heavy atom. The van der Waals surface area contributed by atoms with Gasteiger partial charge in [0.25, 0.3) is 0 Å². The summed E-state index contributed by atoms with van der Waals surface area (Å²) in [7, 11) is 0. The van der Waals surface area contributed by atoms with Crippen molar-refractivity contribution in [3.05, 3.63) is 51.1 Å². The van der Waals surface area contributed by atoms with Gasteiger partial charge in [-0.3, -0.25) is 0 Å². The summed E-state index contributed by atoms with van der Waals surface area (Å²) in [5, 5.41) is 3.81. The van der Waals surface area contributed by atoms with Gasteiger partial charge in [-0.05, 0) is 46.6 Å². The smallest absolute Gasteiger partial charge is 0.140 e. The number of aryl methyl sites for hydroxylation is 1. The van der Waals surface area contributed by atoms with Crippen molar-refractivity contribution in [3.8, 4) is 0 Å². The van der Waals surface area contributed by atoms with Crippen molar-refractivity contribution in [1.82, 2.24) is 4.98 Å². The molecule has 3 nitrogen and oxygen atoms in total. The maximum atomic E-state index is 6.06. The summed E-state index contributed by atoms with van der Waals surface area (Å²) < 4.78 is 0.772. The average molecular weight is 357 g/mol. The van der Waals surface area contributed by atoms with Crippen LogP contribution in [0.3, 0.4) is 0 Å². The topological polar surface area (TPSA) is 50.9 Å². The highest BCUT2D eigenvalue weighted by Gasteiger charge is 2.12. The first-order chi connectivity index (χ1) is 9.00. The summed E-state index contributed by atoms with van der Waals surface area (Å²) in [4.78, 5) is 4.60. The Morgan fingerprint density at radius 2 is 2.16 bits per heavy atom. The highest BCUT2D eigenvalue weighted by atomic mass is 79.9. The van der Waals surface area contributed by atoms with Crippen LogP contribution in [-0.4, -0.2) is 9.97 Å². The summed E-state index contributed by atoms with van der Waals surface area (Å²) in [6, 6.07) is 7.41. The van der Waals surface area contributed by atoms with Crippen LogP contribution in [0.2, 0.25) is 5.02 Å². The van der Waals surface area contributed by atoms with Crippen molar-refractivity contribution in [2.75, 3.05) is 5.32 Å². The molecule has 1 aromatic carbocycles. The molecular weight excluding hydrogens is 346 g/mol. The molecule has 2 rings (SSSR count). The zero-order valence-electron chi connectivity index (χ0n) is 10.1. The fourth-order valence-electron chi connectivity index (χ4n) is 1.69. The first-order valence-electron chi connectivity index (χ1n) is 5.47. The average Bonchev–Trinajstić information content (AvgIpc) is 2.34. The second kappa shape index (κ2) is 5.86. The standard InChI is InChI=1S/C13H11BrClN3S/c1-7-5-6-17-13(10(7)12(16)19)18-9-4-2-3-8(15)11(9)14/h2-6H,1H3,(H2,16,19)(H,17,18). The van der Waals surface area contributed by atoms with E-state index in [2.05, 4.69) is 26.2 Å². The van der Waals surface area contributed by atoms with E-state index in [0.29, 0.717) is 15.8 Å². The maximum absolute atomic E-state index is 6.06. The zero-order valence-corrected chi connectivity index (χ0v) is 13.2. The Hall–Kier alpha value is -1.17. The minimum absolute atomic E-state index is 0.311. The molecular formula is C13H11BrClN3S. The van der Waals surface area contributed by atoms with Crippen LogP contribution in [0.1, 0.15) is 11.1 Å². The quantitative estimate of drug-likeness (QED) is 0.810. The number of pyridine rings is 1. The molecule has 0 unspecified atom stereocenters. The number of benzene rings is 1. The van der Waals surface area contributed by atoms with Crippen LogP contribution in [0.15, 0.2) is 34.9 Å². The van der Waals surface area contributed by atoms with E-state index in [0.717, 1.165) is 21.3 Å². The third-order valence-electron chi connectivity index (χ3n) is 2.61. The highest BCUT2D eigenvalue weighted by molar-refractivity contribution is 9.10. The van der Waals surface area contributed by atoms with Crippen LogP contribution in [-0.2, 0) is 0 Å². The number of anilines is 2. The lowest BCUT2D eigenvalue weighted by atomic mass is 10.1. The molecule has 2 aromatic rings. The van der Waals surface area contributed by atoms with E-state index < -0.39 is 0 Å². The van der Waals surface area contributed by atoms with Gasteiger partial charge in [0, 0.05) is 6.20 Å². The molecule has 19 heavy (non-hydrogen) atoms. The molecule has 3 N–H and O–H groups in total. The Kier molecular flexibility index (Phi) is 4.39. The molecule has 0 bridgehead atoms. The van der Waals surface area contributed by atoms with E-state index in [4.69, 9.17) is 29.6 Å². The number of thiocarbonyl (C=S) groups is 1. The molecule has 0 atom stereocenters. The maximum Gasteiger partial charge on any atom is 0.140 e. The number of rotatable bonds is 3. The number of halogens is 2. The van der Waals surface area contributed by atoms with E-state index in [1.807, 2.05) is 25.1 Å². The largest absolute Gasteiger partial charge is 0.389 e. The molecule has 1 aromatic heterocycles. The lowest BCUT2D eigenvalue weighted by Crippen LogP contribution is -2.14. The van der Waals surface area contributed by atoms with Crippen molar-refractivity contribution in [2.24, 2.45) is 5.73 Å². The van der Waals surface area contributed by atoms with E-state index in [-0.39, 0.29) is 0 Å². The number of nitrogens with zero attached hydrogens (tertiary/aromatic N) is 1. The Bertz CT molecular complexity index is 646. The second-order valence-corrected chi connectivity index (χ2v) is 5.58. The molecule has 0 saturated carbocycles. The van der Waals surface area contributed by atoms with Crippen molar-refractivity contribution >= 4 is 56.2 Å². The predicted octanol–water partition coefficient (Wildman–Crippen LogP) is 4.18. The van der Waals surface area contributed by atoms with E-state index in [9.17, 15) is 0 Å². The second-order valence-electron chi connectivity index (χ2n) is 3.94. The van der Waals surface area contributed by atoms with Gasteiger partial charge in [0.05, 0.1) is 20.7 Å². The molecule has 0 fully saturated rings. The molecule has 0 aliphatic carbocycles. The third kappa shape index (κ3) is 3.05. The number of nitrogens with two attached hydrogens (primary N) is 1. The lowest BCUT2D eigenvalue weighted by Gasteiger charge is -2.13. The fourth-order valence-corrected chi connectivity index (χ4v) is 2.49. The zero-order chi connectivity index (χ0) is 14.0. The summed E-state index contributed by atoms with van der Waals surface area (Å²) in [6.07, 6.45) is 1.71. The van der Waals surface area contributed by atoms with E-state index in [1.165, 1.54) is 0 Å². The van der Waals surface area contributed by atoms with Crippen LogP contribution in [0.5, 0.6) is 0 Å². The first-order valence-corrected chi connectivity index (χ1v) is 7.05. The van der Waals surface area contributed by atoms with Gasteiger partial charge in [-0.1, -0.05) is 29.9 Å². The highest BCUT2D eigenvalue weighted by Crippen LogP contribution is 2.32. The molecule has 98 valence electrons. The Morgan fingerprint density at radius 3 is 2.84 bits per heavy atom. The van der Waals surface area contributed by atoms with Gasteiger partial charge in [0.1, 0.15) is 10.8 Å². The van der Waals surface area contributed by atoms with Crippen LogP contribution < -0.4 is 11.1 Å².